The molecule has 3 rings (SSSR count). The molecule has 4 nitrogen and oxygen atoms in total. The fourth-order valence-electron chi connectivity index (χ4n) is 4.66. The zero-order chi connectivity index (χ0) is 17.2. The second-order valence-corrected chi connectivity index (χ2v) is 7.50. The van der Waals surface area contributed by atoms with Gasteiger partial charge in [0, 0.05) is 17.4 Å². The molecule has 130 valence electrons. The first kappa shape index (κ1) is 17.0. The van der Waals surface area contributed by atoms with Gasteiger partial charge in [-0.1, -0.05) is 43.2 Å². The molecular formula is C20H27NO3. The van der Waals surface area contributed by atoms with Gasteiger partial charge in [0.1, 0.15) is 0 Å². The maximum atomic E-state index is 12.7. The molecule has 0 spiro atoms. The van der Waals surface area contributed by atoms with E-state index in [0.29, 0.717) is 19.3 Å². The Morgan fingerprint density at radius 3 is 2.33 bits per heavy atom. The van der Waals surface area contributed by atoms with Crippen LogP contribution in [0.3, 0.4) is 0 Å². The lowest BCUT2D eigenvalue weighted by Gasteiger charge is -2.37. The number of amides is 1. The molecule has 4 heteroatoms. The Balaban J connectivity index is 1.70. The third kappa shape index (κ3) is 3.19. The van der Waals surface area contributed by atoms with Gasteiger partial charge in [0.15, 0.2) is 0 Å². The van der Waals surface area contributed by atoms with Crippen molar-refractivity contribution in [2.45, 2.75) is 63.3 Å². The van der Waals surface area contributed by atoms with E-state index in [1.807, 2.05) is 6.07 Å². The Labute approximate surface area is 143 Å². The summed E-state index contributed by atoms with van der Waals surface area (Å²) in [6.07, 6.45) is 6.37. The summed E-state index contributed by atoms with van der Waals surface area (Å²) in [5, 5.41) is 12.4. The van der Waals surface area contributed by atoms with Gasteiger partial charge in [0.25, 0.3) is 0 Å². The molecule has 1 amide bonds. The summed E-state index contributed by atoms with van der Waals surface area (Å²) in [7, 11) is 0. The Morgan fingerprint density at radius 2 is 1.75 bits per heavy atom. The minimum absolute atomic E-state index is 0.0156. The minimum Gasteiger partial charge on any atom is -0.481 e. The van der Waals surface area contributed by atoms with E-state index in [1.54, 1.807) is 0 Å². The molecule has 24 heavy (non-hydrogen) atoms. The highest BCUT2D eigenvalue weighted by molar-refractivity contribution is 5.81. The fraction of sp³-hybridized carbons (Fsp3) is 0.600. The Kier molecular flexibility index (Phi) is 4.93. The number of benzene rings is 1. The van der Waals surface area contributed by atoms with Crippen molar-refractivity contribution in [1.82, 2.24) is 5.32 Å². The van der Waals surface area contributed by atoms with Crippen LogP contribution in [0.1, 0.15) is 57.4 Å². The zero-order valence-electron chi connectivity index (χ0n) is 14.3. The largest absolute Gasteiger partial charge is 0.481 e. The average molecular weight is 329 g/mol. The van der Waals surface area contributed by atoms with Crippen LogP contribution in [0, 0.1) is 11.8 Å². The molecule has 1 aromatic carbocycles. The number of nitrogens with one attached hydrogen (secondary N) is 1. The Hall–Kier alpha value is -1.84. The van der Waals surface area contributed by atoms with Gasteiger partial charge < -0.3 is 10.4 Å². The molecule has 2 fully saturated rings. The molecule has 0 aromatic heterocycles. The number of hydrogen-bond acceptors (Lipinski definition) is 2. The van der Waals surface area contributed by atoms with Crippen molar-refractivity contribution in [2.75, 3.05) is 0 Å². The lowest BCUT2D eigenvalue weighted by Crippen LogP contribution is -2.49. The van der Waals surface area contributed by atoms with Gasteiger partial charge in [-0.3, -0.25) is 9.59 Å². The van der Waals surface area contributed by atoms with Crippen LogP contribution in [0.2, 0.25) is 0 Å². The van der Waals surface area contributed by atoms with Crippen molar-refractivity contribution in [3.05, 3.63) is 35.9 Å². The summed E-state index contributed by atoms with van der Waals surface area (Å²) in [5.74, 6) is -1.24. The van der Waals surface area contributed by atoms with E-state index in [1.165, 1.54) is 18.4 Å². The highest BCUT2D eigenvalue weighted by Gasteiger charge is 2.42. The van der Waals surface area contributed by atoms with E-state index in [4.69, 9.17) is 5.11 Å². The van der Waals surface area contributed by atoms with Crippen molar-refractivity contribution in [1.29, 1.82) is 0 Å². The number of carboxylic acids is 1. The van der Waals surface area contributed by atoms with Crippen LogP contribution in [0.15, 0.2) is 30.3 Å². The van der Waals surface area contributed by atoms with Crippen molar-refractivity contribution < 1.29 is 14.7 Å². The van der Waals surface area contributed by atoms with Crippen LogP contribution in [-0.2, 0) is 15.0 Å². The molecule has 1 aromatic rings. The Bertz CT molecular complexity index is 592. The molecule has 0 saturated heterocycles. The van der Waals surface area contributed by atoms with Crippen molar-refractivity contribution in [2.24, 2.45) is 11.8 Å². The summed E-state index contributed by atoms with van der Waals surface area (Å²) < 4.78 is 0. The lowest BCUT2D eigenvalue weighted by atomic mass is 9.73. The number of rotatable bonds is 5. The maximum absolute atomic E-state index is 12.7. The van der Waals surface area contributed by atoms with Gasteiger partial charge in [0.05, 0.1) is 5.92 Å². The van der Waals surface area contributed by atoms with Crippen LogP contribution in [0.25, 0.3) is 0 Å². The van der Waals surface area contributed by atoms with E-state index >= 15 is 0 Å². The summed E-state index contributed by atoms with van der Waals surface area (Å²) in [5.41, 5.74) is 1.33. The van der Waals surface area contributed by atoms with Crippen LogP contribution in [0.4, 0.5) is 0 Å². The van der Waals surface area contributed by atoms with Gasteiger partial charge in [-0.15, -0.1) is 0 Å². The first-order valence-electron chi connectivity index (χ1n) is 9.11. The molecule has 2 N–H and O–H groups in total. The first-order valence-corrected chi connectivity index (χ1v) is 9.11. The molecule has 0 radical (unpaired) electrons. The molecule has 2 aliphatic carbocycles. The molecular weight excluding hydrogens is 302 g/mol. The van der Waals surface area contributed by atoms with Crippen LogP contribution >= 0.6 is 0 Å². The summed E-state index contributed by atoms with van der Waals surface area (Å²) in [6, 6.07) is 10.6. The maximum Gasteiger partial charge on any atom is 0.306 e. The van der Waals surface area contributed by atoms with Crippen LogP contribution < -0.4 is 5.32 Å². The van der Waals surface area contributed by atoms with Gasteiger partial charge in [-0.25, -0.2) is 0 Å². The topological polar surface area (TPSA) is 66.4 Å². The normalized spacial score (nSPS) is 26.9. The summed E-state index contributed by atoms with van der Waals surface area (Å²) >= 11 is 0. The third-order valence-electron chi connectivity index (χ3n) is 6.18. The van der Waals surface area contributed by atoms with E-state index in [-0.39, 0.29) is 29.2 Å². The monoisotopic (exact) mass is 329 g/mol. The van der Waals surface area contributed by atoms with E-state index in [9.17, 15) is 9.59 Å². The quantitative estimate of drug-likeness (QED) is 0.869. The van der Waals surface area contributed by atoms with Gasteiger partial charge in [-0.05, 0) is 44.6 Å². The molecule has 1 unspecified atom stereocenters. The smallest absolute Gasteiger partial charge is 0.306 e. The van der Waals surface area contributed by atoms with E-state index in [0.717, 1.165) is 12.8 Å². The average Bonchev–Trinajstić information content (AvgIpc) is 3.26. The van der Waals surface area contributed by atoms with Crippen molar-refractivity contribution in [3.8, 4) is 0 Å². The number of hydrogen-bond donors (Lipinski definition) is 2. The number of carbonyl (C=O) groups excluding carboxylic acids is 1. The van der Waals surface area contributed by atoms with Crippen molar-refractivity contribution in [3.63, 3.8) is 0 Å². The van der Waals surface area contributed by atoms with Gasteiger partial charge >= 0.3 is 5.97 Å². The molecule has 0 heterocycles. The van der Waals surface area contributed by atoms with Gasteiger partial charge in [-0.2, -0.15) is 0 Å². The zero-order valence-corrected chi connectivity index (χ0v) is 14.3. The number of aliphatic carboxylic acids is 1. The highest BCUT2D eigenvalue weighted by Crippen LogP contribution is 2.44. The Morgan fingerprint density at radius 1 is 1.12 bits per heavy atom. The minimum atomic E-state index is -0.769. The standard InChI is InChI=1S/C20H27NO3/c1-14(21-18(22)15-9-10-16(13-15)19(23)24)20(11-5-6-12-20)17-7-3-2-4-8-17/h2-4,7-8,14-16H,5-6,9-13H2,1H3,(H,21,22)(H,23,24)/t14?,15-,16+/m1/s1. The predicted octanol–water partition coefficient (Wildman–Crippen LogP) is 3.50. The SMILES string of the molecule is CC(NC(=O)[C@@H]1CC[C@H](C(=O)O)C1)C1(c2ccccc2)CCCC1. The lowest BCUT2D eigenvalue weighted by molar-refractivity contribution is -0.141. The van der Waals surface area contributed by atoms with E-state index in [2.05, 4.69) is 36.5 Å². The molecule has 2 aliphatic rings. The van der Waals surface area contributed by atoms with Crippen LogP contribution in [-0.4, -0.2) is 23.0 Å². The molecule has 2 saturated carbocycles. The molecule has 0 bridgehead atoms. The van der Waals surface area contributed by atoms with Gasteiger partial charge in [0.2, 0.25) is 5.91 Å². The third-order valence-corrected chi connectivity index (χ3v) is 6.18. The van der Waals surface area contributed by atoms with Crippen molar-refractivity contribution >= 4 is 11.9 Å². The second-order valence-electron chi connectivity index (χ2n) is 7.50. The van der Waals surface area contributed by atoms with E-state index < -0.39 is 5.97 Å². The summed E-state index contributed by atoms with van der Waals surface area (Å²) in [4.78, 5) is 23.8. The number of carbonyl (C=O) groups is 2. The molecule has 3 atom stereocenters. The second kappa shape index (κ2) is 6.96. The number of carboxylic acid groups (broad SMARTS) is 1. The molecule has 0 aliphatic heterocycles. The highest BCUT2D eigenvalue weighted by atomic mass is 16.4. The summed E-state index contributed by atoms with van der Waals surface area (Å²) in [6.45, 7) is 2.11. The fourth-order valence-corrected chi connectivity index (χ4v) is 4.66. The van der Waals surface area contributed by atoms with Crippen LogP contribution in [0.5, 0.6) is 0 Å². The predicted molar refractivity (Wildman–Crippen MR) is 92.7 cm³/mol. The first-order chi connectivity index (χ1) is 11.5.